The summed E-state index contributed by atoms with van der Waals surface area (Å²) in [5.74, 6) is 0. The van der Waals surface area contributed by atoms with Crippen LogP contribution in [-0.2, 0) is 21.3 Å². The van der Waals surface area contributed by atoms with Crippen molar-refractivity contribution in [2.45, 2.75) is 31.2 Å². The Morgan fingerprint density at radius 3 is 2.55 bits per heavy atom. The molecule has 7 heteroatoms. The van der Waals surface area contributed by atoms with Gasteiger partial charge in [0.1, 0.15) is 0 Å². The average molecular weight is 416 g/mol. The summed E-state index contributed by atoms with van der Waals surface area (Å²) < 4.78 is 33.6. The van der Waals surface area contributed by atoms with Crippen LogP contribution in [0.25, 0.3) is 0 Å². The number of nitrogens with zero attached hydrogens (tertiary/aromatic N) is 3. The van der Waals surface area contributed by atoms with Gasteiger partial charge in [0.25, 0.3) is 0 Å². The molecule has 6 nitrogen and oxygen atoms in total. The molecule has 156 valence electrons. The van der Waals surface area contributed by atoms with Crippen LogP contribution in [0.5, 0.6) is 0 Å². The molecule has 2 aliphatic heterocycles. The predicted octanol–water partition coefficient (Wildman–Crippen LogP) is 2.69. The quantitative estimate of drug-likeness (QED) is 0.768. The van der Waals surface area contributed by atoms with Gasteiger partial charge >= 0.3 is 0 Å². The molecule has 0 aliphatic carbocycles. The van der Waals surface area contributed by atoms with E-state index in [1.807, 2.05) is 31.3 Å². The minimum atomic E-state index is -3.43. The summed E-state index contributed by atoms with van der Waals surface area (Å²) in [6.07, 6.45) is 5.35. The van der Waals surface area contributed by atoms with Crippen molar-refractivity contribution < 1.29 is 13.2 Å². The average Bonchev–Trinajstić information content (AvgIpc) is 2.91. The van der Waals surface area contributed by atoms with E-state index < -0.39 is 10.0 Å². The minimum absolute atomic E-state index is 0.0119. The molecule has 1 aromatic carbocycles. The maximum atomic E-state index is 13.0. The van der Waals surface area contributed by atoms with Gasteiger partial charge < -0.3 is 4.74 Å². The number of hydrogen-bond donors (Lipinski definition) is 0. The molecule has 2 aromatic rings. The first-order valence-electron chi connectivity index (χ1n) is 10.2. The summed E-state index contributed by atoms with van der Waals surface area (Å²) in [7, 11) is -3.43. The molecule has 2 fully saturated rings. The molecule has 1 spiro atoms. The molecule has 4 rings (SSSR count). The Balaban J connectivity index is 1.43. The Kier molecular flexibility index (Phi) is 6.01. The number of hydrogen-bond acceptors (Lipinski definition) is 5. The third-order valence-corrected chi connectivity index (χ3v) is 8.00. The normalized spacial score (nSPS) is 21.1. The van der Waals surface area contributed by atoms with Crippen LogP contribution in [0, 0.1) is 12.3 Å². The smallest absolute Gasteiger partial charge is 0.243 e. The maximum Gasteiger partial charge on any atom is 0.243 e. The van der Waals surface area contributed by atoms with Crippen molar-refractivity contribution in [1.29, 1.82) is 0 Å². The number of ether oxygens (including phenoxy) is 1. The van der Waals surface area contributed by atoms with E-state index in [4.69, 9.17) is 4.74 Å². The van der Waals surface area contributed by atoms with Crippen LogP contribution in [0.15, 0.2) is 53.7 Å². The number of pyridine rings is 1. The molecule has 0 saturated carbocycles. The van der Waals surface area contributed by atoms with Crippen LogP contribution >= 0.6 is 0 Å². The Bertz CT molecular complexity index is 908. The molecule has 0 N–H and O–H groups in total. The molecule has 29 heavy (non-hydrogen) atoms. The van der Waals surface area contributed by atoms with Gasteiger partial charge in [0, 0.05) is 50.5 Å². The van der Waals surface area contributed by atoms with Gasteiger partial charge in [0.15, 0.2) is 0 Å². The van der Waals surface area contributed by atoms with Crippen molar-refractivity contribution >= 4 is 10.0 Å². The van der Waals surface area contributed by atoms with Crippen molar-refractivity contribution in [3.63, 3.8) is 0 Å². The van der Waals surface area contributed by atoms with E-state index in [0.717, 1.165) is 38.0 Å². The van der Waals surface area contributed by atoms with Crippen LogP contribution in [0.3, 0.4) is 0 Å². The van der Waals surface area contributed by atoms with Gasteiger partial charge in [-0.1, -0.05) is 23.8 Å². The number of aromatic nitrogens is 1. The summed E-state index contributed by atoms with van der Waals surface area (Å²) >= 11 is 0. The van der Waals surface area contributed by atoms with E-state index >= 15 is 0 Å². The molecule has 0 unspecified atom stereocenters. The molecule has 2 aliphatic rings. The van der Waals surface area contributed by atoms with Gasteiger partial charge in [-0.05, 0) is 43.5 Å². The topological polar surface area (TPSA) is 62.7 Å². The number of aryl methyl sites for hydroxylation is 1. The fraction of sp³-hybridized carbons (Fsp3) is 0.500. The minimum Gasteiger partial charge on any atom is -0.379 e. The highest BCUT2D eigenvalue weighted by Gasteiger charge is 2.41. The van der Waals surface area contributed by atoms with E-state index in [1.165, 1.54) is 5.56 Å². The first kappa shape index (κ1) is 20.5. The van der Waals surface area contributed by atoms with Crippen molar-refractivity contribution in [3.8, 4) is 0 Å². The molecule has 3 heterocycles. The zero-order valence-corrected chi connectivity index (χ0v) is 17.8. The lowest BCUT2D eigenvalue weighted by molar-refractivity contribution is 0.0307. The second-order valence-corrected chi connectivity index (χ2v) is 10.3. The standard InChI is InChI=1S/C22H29N3O3S/c1-19-4-6-21(7-5-19)29(26,27)25-11-8-22(9-12-25)17-24(13-14-28-18-22)16-20-3-2-10-23-15-20/h2-7,10,15H,8-9,11-14,16-18H2,1H3. The zero-order chi connectivity index (χ0) is 20.3. The van der Waals surface area contributed by atoms with E-state index in [1.54, 1.807) is 22.6 Å². The van der Waals surface area contributed by atoms with Gasteiger partial charge in [-0.15, -0.1) is 0 Å². The van der Waals surface area contributed by atoms with Crippen LogP contribution < -0.4 is 0 Å². The first-order chi connectivity index (χ1) is 14.0. The Hall–Kier alpha value is -1.80. The highest BCUT2D eigenvalue weighted by molar-refractivity contribution is 7.89. The molecule has 2 saturated heterocycles. The molecule has 0 radical (unpaired) electrons. The van der Waals surface area contributed by atoms with Crippen LogP contribution in [-0.4, -0.2) is 62.0 Å². The monoisotopic (exact) mass is 415 g/mol. The third kappa shape index (κ3) is 4.69. The fourth-order valence-electron chi connectivity index (χ4n) is 4.33. The van der Waals surface area contributed by atoms with Crippen LogP contribution in [0.1, 0.15) is 24.0 Å². The van der Waals surface area contributed by atoms with Gasteiger partial charge in [-0.2, -0.15) is 4.31 Å². The van der Waals surface area contributed by atoms with E-state index in [-0.39, 0.29) is 5.41 Å². The molecule has 0 amide bonds. The Labute approximate surface area is 173 Å². The van der Waals surface area contributed by atoms with E-state index in [2.05, 4.69) is 16.0 Å². The molecular formula is C22H29N3O3S. The van der Waals surface area contributed by atoms with E-state index in [9.17, 15) is 8.42 Å². The summed E-state index contributed by atoms with van der Waals surface area (Å²) in [6, 6.07) is 11.2. The Morgan fingerprint density at radius 1 is 1.10 bits per heavy atom. The zero-order valence-electron chi connectivity index (χ0n) is 17.0. The summed E-state index contributed by atoms with van der Waals surface area (Å²) in [5.41, 5.74) is 2.27. The first-order valence-corrected chi connectivity index (χ1v) is 11.7. The van der Waals surface area contributed by atoms with Gasteiger partial charge in [0.05, 0.1) is 18.1 Å². The lowest BCUT2D eigenvalue weighted by Gasteiger charge is -2.42. The van der Waals surface area contributed by atoms with Gasteiger partial charge in [-0.25, -0.2) is 8.42 Å². The SMILES string of the molecule is Cc1ccc(S(=O)(=O)N2CCC3(CC2)COCCN(Cc2cccnc2)C3)cc1. The summed E-state index contributed by atoms with van der Waals surface area (Å²) in [6.45, 7) is 7.14. The van der Waals surface area contributed by atoms with Crippen molar-refractivity contribution in [2.75, 3.05) is 39.4 Å². The number of benzene rings is 1. The number of rotatable bonds is 4. The molecular weight excluding hydrogens is 386 g/mol. The van der Waals surface area contributed by atoms with Crippen molar-refractivity contribution in [3.05, 3.63) is 59.9 Å². The Morgan fingerprint density at radius 2 is 1.86 bits per heavy atom. The van der Waals surface area contributed by atoms with Crippen LogP contribution in [0.4, 0.5) is 0 Å². The molecule has 0 bridgehead atoms. The second kappa shape index (κ2) is 8.52. The highest BCUT2D eigenvalue weighted by Crippen LogP contribution is 2.36. The summed E-state index contributed by atoms with van der Waals surface area (Å²) in [5, 5.41) is 0. The van der Waals surface area contributed by atoms with E-state index in [0.29, 0.717) is 31.2 Å². The van der Waals surface area contributed by atoms with Crippen LogP contribution in [0.2, 0.25) is 0 Å². The number of sulfonamides is 1. The second-order valence-electron chi connectivity index (χ2n) is 8.34. The molecule has 0 atom stereocenters. The lowest BCUT2D eigenvalue weighted by atomic mass is 9.79. The summed E-state index contributed by atoms with van der Waals surface area (Å²) in [4.78, 5) is 7.03. The van der Waals surface area contributed by atoms with Gasteiger partial charge in [-0.3, -0.25) is 9.88 Å². The largest absolute Gasteiger partial charge is 0.379 e. The predicted molar refractivity (Wildman–Crippen MR) is 112 cm³/mol. The fourth-order valence-corrected chi connectivity index (χ4v) is 5.77. The lowest BCUT2D eigenvalue weighted by Crippen LogP contribution is -2.48. The third-order valence-electron chi connectivity index (χ3n) is 6.09. The maximum absolute atomic E-state index is 13.0. The van der Waals surface area contributed by atoms with Crippen molar-refractivity contribution in [2.24, 2.45) is 5.41 Å². The van der Waals surface area contributed by atoms with Gasteiger partial charge in [0.2, 0.25) is 10.0 Å². The van der Waals surface area contributed by atoms with Crippen molar-refractivity contribution in [1.82, 2.24) is 14.2 Å². The number of piperidine rings is 1. The molecule has 1 aromatic heterocycles. The highest BCUT2D eigenvalue weighted by atomic mass is 32.2.